The number of fused-ring (bicyclic) bond motifs is 1. The molecule has 1 saturated heterocycles. The van der Waals surface area contributed by atoms with Crippen molar-refractivity contribution in [2.75, 3.05) is 13.1 Å². The van der Waals surface area contributed by atoms with Gasteiger partial charge in [0.15, 0.2) is 5.78 Å². The zero-order chi connectivity index (χ0) is 20.8. The number of hydrogen-bond acceptors (Lipinski definition) is 5. The standard InChI is InChI=1S/C22H22N2O5/c1-14-11-15(2)20-17(12-14)19(25)13-22(29-20)7-9-23(10-8-22)21(26)16-5-3-4-6-18(16)24(27)28/h3-6,11-12H,7-10,13H2,1-2H3. The number of nitrogens with zero attached hydrogens (tertiary/aromatic N) is 2. The molecule has 1 fully saturated rings. The third kappa shape index (κ3) is 3.37. The summed E-state index contributed by atoms with van der Waals surface area (Å²) >= 11 is 0. The van der Waals surface area contributed by atoms with Gasteiger partial charge >= 0.3 is 0 Å². The molecule has 0 N–H and O–H groups in total. The summed E-state index contributed by atoms with van der Waals surface area (Å²) in [4.78, 5) is 38.0. The lowest BCUT2D eigenvalue weighted by Crippen LogP contribution is -2.52. The molecule has 7 heteroatoms. The van der Waals surface area contributed by atoms with Gasteiger partial charge in [0.1, 0.15) is 16.9 Å². The molecular formula is C22H22N2O5. The molecule has 0 unspecified atom stereocenters. The van der Waals surface area contributed by atoms with Crippen molar-refractivity contribution in [3.05, 3.63) is 68.8 Å². The van der Waals surface area contributed by atoms with Crippen molar-refractivity contribution in [2.45, 2.75) is 38.7 Å². The Kier molecular flexibility index (Phi) is 4.61. The van der Waals surface area contributed by atoms with Crippen LogP contribution in [-0.4, -0.2) is 40.2 Å². The lowest BCUT2D eigenvalue weighted by Gasteiger charge is -2.44. The second-order valence-corrected chi connectivity index (χ2v) is 7.91. The Balaban J connectivity index is 1.53. The van der Waals surface area contributed by atoms with Gasteiger partial charge in [-0.15, -0.1) is 0 Å². The molecule has 29 heavy (non-hydrogen) atoms. The highest BCUT2D eigenvalue weighted by Crippen LogP contribution is 2.41. The SMILES string of the molecule is Cc1cc(C)c2c(c1)C(=O)CC1(CCN(C(=O)c3ccccc3[N+](=O)[O-])CC1)O2. The third-order valence-electron chi connectivity index (χ3n) is 5.81. The minimum absolute atomic E-state index is 0.0662. The van der Waals surface area contributed by atoms with E-state index in [1.54, 1.807) is 17.0 Å². The Morgan fingerprint density at radius 1 is 1.17 bits per heavy atom. The number of carbonyl (C=O) groups excluding carboxylic acids is 2. The number of ether oxygens (including phenoxy) is 1. The number of para-hydroxylation sites is 1. The van der Waals surface area contributed by atoms with Gasteiger partial charge in [0.25, 0.3) is 11.6 Å². The number of amides is 1. The predicted molar refractivity (Wildman–Crippen MR) is 106 cm³/mol. The van der Waals surface area contributed by atoms with E-state index in [1.165, 1.54) is 12.1 Å². The number of piperidine rings is 1. The van der Waals surface area contributed by atoms with Crippen LogP contribution in [0.2, 0.25) is 0 Å². The van der Waals surface area contributed by atoms with Gasteiger partial charge in [0.05, 0.1) is 16.9 Å². The molecule has 0 saturated carbocycles. The van der Waals surface area contributed by atoms with Crippen LogP contribution in [0.1, 0.15) is 51.1 Å². The molecule has 7 nitrogen and oxygen atoms in total. The van der Waals surface area contributed by atoms with Crippen LogP contribution in [0, 0.1) is 24.0 Å². The molecule has 4 rings (SSSR count). The molecule has 0 bridgehead atoms. The highest BCUT2D eigenvalue weighted by Gasteiger charge is 2.44. The molecule has 2 aliphatic heterocycles. The van der Waals surface area contributed by atoms with E-state index < -0.39 is 10.5 Å². The fraction of sp³-hybridized carbons (Fsp3) is 0.364. The van der Waals surface area contributed by atoms with E-state index in [0.717, 1.165) is 11.1 Å². The van der Waals surface area contributed by atoms with E-state index >= 15 is 0 Å². The Bertz CT molecular complexity index is 1020. The summed E-state index contributed by atoms with van der Waals surface area (Å²) in [6.45, 7) is 4.67. The van der Waals surface area contributed by atoms with Crippen LogP contribution in [0.3, 0.4) is 0 Å². The zero-order valence-electron chi connectivity index (χ0n) is 16.4. The maximum Gasteiger partial charge on any atom is 0.282 e. The molecular weight excluding hydrogens is 372 g/mol. The molecule has 0 radical (unpaired) electrons. The van der Waals surface area contributed by atoms with Crippen molar-refractivity contribution in [3.63, 3.8) is 0 Å². The van der Waals surface area contributed by atoms with Gasteiger partial charge in [-0.3, -0.25) is 19.7 Å². The van der Waals surface area contributed by atoms with Crippen LogP contribution in [0.25, 0.3) is 0 Å². The number of hydrogen-bond donors (Lipinski definition) is 0. The normalized spacial score (nSPS) is 17.6. The van der Waals surface area contributed by atoms with Crippen molar-refractivity contribution < 1.29 is 19.2 Å². The van der Waals surface area contributed by atoms with Gasteiger partial charge in [-0.2, -0.15) is 0 Å². The van der Waals surface area contributed by atoms with Crippen molar-refractivity contribution in [1.82, 2.24) is 4.90 Å². The number of ketones is 1. The Morgan fingerprint density at radius 2 is 1.86 bits per heavy atom. The first kappa shape index (κ1) is 19.1. The summed E-state index contributed by atoms with van der Waals surface area (Å²) in [5.41, 5.74) is 1.87. The first-order valence-electron chi connectivity index (χ1n) is 9.66. The molecule has 2 heterocycles. The van der Waals surface area contributed by atoms with Gasteiger partial charge in [0.2, 0.25) is 0 Å². The molecule has 150 valence electrons. The van der Waals surface area contributed by atoms with Crippen molar-refractivity contribution in [3.8, 4) is 5.75 Å². The largest absolute Gasteiger partial charge is 0.486 e. The molecule has 1 amide bonds. The van der Waals surface area contributed by atoms with Crippen LogP contribution in [0.4, 0.5) is 5.69 Å². The fourth-order valence-electron chi connectivity index (χ4n) is 4.32. The van der Waals surface area contributed by atoms with Crippen molar-refractivity contribution >= 4 is 17.4 Å². The van der Waals surface area contributed by atoms with E-state index in [0.29, 0.717) is 37.2 Å². The second-order valence-electron chi connectivity index (χ2n) is 7.91. The van der Waals surface area contributed by atoms with Crippen molar-refractivity contribution in [2.24, 2.45) is 0 Å². The van der Waals surface area contributed by atoms with Crippen LogP contribution in [0.15, 0.2) is 36.4 Å². The molecule has 2 aromatic rings. The first-order valence-corrected chi connectivity index (χ1v) is 9.66. The monoisotopic (exact) mass is 394 g/mol. The van der Waals surface area contributed by atoms with E-state index in [2.05, 4.69) is 0 Å². The Labute approximate surface area is 168 Å². The van der Waals surface area contributed by atoms with Crippen LogP contribution in [-0.2, 0) is 0 Å². The lowest BCUT2D eigenvalue weighted by molar-refractivity contribution is -0.385. The minimum atomic E-state index is -0.622. The summed E-state index contributed by atoms with van der Waals surface area (Å²) in [6.07, 6.45) is 1.31. The number of benzene rings is 2. The molecule has 0 atom stereocenters. The lowest BCUT2D eigenvalue weighted by atomic mass is 9.81. The molecule has 0 aliphatic carbocycles. The van der Waals surface area contributed by atoms with E-state index in [4.69, 9.17) is 4.74 Å². The van der Waals surface area contributed by atoms with Gasteiger partial charge < -0.3 is 9.64 Å². The van der Waals surface area contributed by atoms with Gasteiger partial charge in [-0.1, -0.05) is 18.2 Å². The van der Waals surface area contributed by atoms with Crippen LogP contribution >= 0.6 is 0 Å². The van der Waals surface area contributed by atoms with Gasteiger partial charge in [-0.25, -0.2) is 0 Å². The Morgan fingerprint density at radius 3 is 2.55 bits per heavy atom. The summed E-state index contributed by atoms with van der Waals surface area (Å²) in [5, 5.41) is 11.2. The smallest absolute Gasteiger partial charge is 0.282 e. The summed E-state index contributed by atoms with van der Waals surface area (Å²) in [5.74, 6) is 0.350. The van der Waals surface area contributed by atoms with Crippen molar-refractivity contribution in [1.29, 1.82) is 0 Å². The van der Waals surface area contributed by atoms with Crippen LogP contribution < -0.4 is 4.74 Å². The number of carbonyl (C=O) groups is 2. The highest BCUT2D eigenvalue weighted by atomic mass is 16.6. The van der Waals surface area contributed by atoms with E-state index in [-0.39, 0.29) is 29.4 Å². The maximum atomic E-state index is 12.9. The molecule has 2 aliphatic rings. The van der Waals surface area contributed by atoms with E-state index in [9.17, 15) is 19.7 Å². The number of aryl methyl sites for hydroxylation is 2. The quantitative estimate of drug-likeness (QED) is 0.570. The number of nitro groups is 1. The summed E-state index contributed by atoms with van der Waals surface area (Å²) < 4.78 is 6.35. The molecule has 0 aromatic heterocycles. The Hall–Kier alpha value is -3.22. The van der Waals surface area contributed by atoms with Gasteiger partial charge in [0, 0.05) is 32.0 Å². The molecule has 2 aromatic carbocycles. The predicted octanol–water partition coefficient (Wildman–Crippen LogP) is 3.85. The first-order chi connectivity index (χ1) is 13.8. The summed E-state index contributed by atoms with van der Waals surface area (Å²) in [7, 11) is 0. The fourth-order valence-corrected chi connectivity index (χ4v) is 4.32. The zero-order valence-corrected chi connectivity index (χ0v) is 16.4. The molecule has 1 spiro atoms. The topological polar surface area (TPSA) is 89.8 Å². The van der Waals surface area contributed by atoms with E-state index in [1.807, 2.05) is 26.0 Å². The average Bonchev–Trinajstić information content (AvgIpc) is 2.69. The summed E-state index contributed by atoms with van der Waals surface area (Å²) in [6, 6.07) is 9.85. The highest BCUT2D eigenvalue weighted by molar-refractivity contribution is 6.01. The number of rotatable bonds is 2. The number of nitro benzene ring substituents is 1. The average molecular weight is 394 g/mol. The number of likely N-dealkylation sites (tertiary alicyclic amines) is 1. The second kappa shape index (κ2) is 6.99. The van der Waals surface area contributed by atoms with Crippen LogP contribution in [0.5, 0.6) is 5.75 Å². The number of Topliss-reactive ketones (excluding diaryl/α,β-unsaturated/α-hetero) is 1. The minimum Gasteiger partial charge on any atom is -0.486 e. The van der Waals surface area contributed by atoms with Gasteiger partial charge in [-0.05, 0) is 37.1 Å². The maximum absolute atomic E-state index is 12.9. The third-order valence-corrected chi connectivity index (χ3v) is 5.81.